The smallest absolute Gasteiger partial charge is 0.163 e. The lowest BCUT2D eigenvalue weighted by atomic mass is 10.3. The summed E-state index contributed by atoms with van der Waals surface area (Å²) in [5.41, 5.74) is 6.75. The molecule has 0 bridgehead atoms. The summed E-state index contributed by atoms with van der Waals surface area (Å²) >= 11 is 5.97. The maximum absolute atomic E-state index is 5.97. The van der Waals surface area contributed by atoms with Gasteiger partial charge < -0.3 is 4.74 Å². The highest BCUT2D eigenvalue weighted by Crippen LogP contribution is 2.24. The van der Waals surface area contributed by atoms with Crippen LogP contribution in [0.5, 0.6) is 5.75 Å². The molecule has 4 nitrogen and oxygen atoms in total. The first-order valence-electron chi connectivity index (χ1n) is 5.07. The highest BCUT2D eigenvalue weighted by atomic mass is 35.5. The van der Waals surface area contributed by atoms with E-state index in [0.717, 1.165) is 11.4 Å². The molecule has 88 valence electrons. The Kier molecular flexibility index (Phi) is 3.67. The van der Waals surface area contributed by atoms with Crippen LogP contribution in [-0.4, -0.2) is 12.1 Å². The van der Waals surface area contributed by atoms with Crippen LogP contribution in [0, 0.1) is 0 Å². The Labute approximate surface area is 105 Å². The minimum Gasteiger partial charge on any atom is -0.495 e. The van der Waals surface area contributed by atoms with Gasteiger partial charge in [-0.05, 0) is 24.3 Å². The van der Waals surface area contributed by atoms with Gasteiger partial charge in [0.1, 0.15) is 5.75 Å². The lowest BCUT2D eigenvalue weighted by Crippen LogP contribution is -2.11. The first-order chi connectivity index (χ1) is 8.31. The molecule has 0 unspecified atom stereocenters. The largest absolute Gasteiger partial charge is 0.495 e. The summed E-state index contributed by atoms with van der Waals surface area (Å²) < 4.78 is 5.21. The molecule has 0 aliphatic carbocycles. The van der Waals surface area contributed by atoms with Crippen LogP contribution < -0.4 is 15.6 Å². The van der Waals surface area contributed by atoms with Crippen molar-refractivity contribution in [3.05, 3.63) is 47.6 Å². The van der Waals surface area contributed by atoms with Crippen molar-refractivity contribution in [1.29, 1.82) is 0 Å². The van der Waals surface area contributed by atoms with Gasteiger partial charge >= 0.3 is 0 Å². The predicted molar refractivity (Wildman–Crippen MR) is 69.5 cm³/mol. The van der Waals surface area contributed by atoms with E-state index in [-0.39, 0.29) is 0 Å². The van der Waals surface area contributed by atoms with Gasteiger partial charge in [0.05, 0.1) is 17.8 Å². The Morgan fingerprint density at radius 1 is 1.12 bits per heavy atom. The van der Waals surface area contributed by atoms with Gasteiger partial charge in [-0.25, -0.2) is 4.98 Å². The standard InChI is InChI=1S/C12H12ClN3O/c1-17-11-7-3-2-6-10(11)15-16-12-9(13)5-4-8-14-12/h2-8,15H,1H3,(H,14,16). The molecule has 0 radical (unpaired) electrons. The number of hydrogen-bond donors (Lipinski definition) is 2. The van der Waals surface area contributed by atoms with E-state index in [0.29, 0.717) is 10.8 Å². The topological polar surface area (TPSA) is 46.2 Å². The van der Waals surface area contributed by atoms with Crippen LogP contribution in [0.25, 0.3) is 0 Å². The molecule has 2 rings (SSSR count). The maximum Gasteiger partial charge on any atom is 0.163 e. The van der Waals surface area contributed by atoms with Crippen molar-refractivity contribution >= 4 is 23.1 Å². The second-order valence-electron chi connectivity index (χ2n) is 3.28. The second-order valence-corrected chi connectivity index (χ2v) is 3.69. The first-order valence-corrected chi connectivity index (χ1v) is 5.44. The monoisotopic (exact) mass is 249 g/mol. The lowest BCUT2D eigenvalue weighted by molar-refractivity contribution is 0.416. The minimum atomic E-state index is 0.551. The van der Waals surface area contributed by atoms with Crippen LogP contribution in [0.1, 0.15) is 0 Å². The number of halogens is 1. The van der Waals surface area contributed by atoms with E-state index in [1.807, 2.05) is 24.3 Å². The van der Waals surface area contributed by atoms with E-state index in [9.17, 15) is 0 Å². The molecule has 0 fully saturated rings. The number of rotatable bonds is 4. The number of nitrogens with one attached hydrogen (secondary N) is 2. The van der Waals surface area contributed by atoms with Crippen molar-refractivity contribution < 1.29 is 4.74 Å². The number of benzene rings is 1. The van der Waals surface area contributed by atoms with Gasteiger partial charge in [0.25, 0.3) is 0 Å². The fourth-order valence-electron chi connectivity index (χ4n) is 1.35. The Morgan fingerprint density at radius 2 is 1.94 bits per heavy atom. The van der Waals surface area contributed by atoms with Crippen molar-refractivity contribution in [2.24, 2.45) is 0 Å². The number of aromatic nitrogens is 1. The Morgan fingerprint density at radius 3 is 2.71 bits per heavy atom. The Bertz CT molecular complexity index is 505. The zero-order valence-corrected chi connectivity index (χ0v) is 10.0. The number of methoxy groups -OCH3 is 1. The molecule has 1 aromatic carbocycles. The third-order valence-electron chi connectivity index (χ3n) is 2.18. The third-order valence-corrected chi connectivity index (χ3v) is 2.49. The molecule has 17 heavy (non-hydrogen) atoms. The zero-order chi connectivity index (χ0) is 12.1. The second kappa shape index (κ2) is 5.41. The van der Waals surface area contributed by atoms with E-state index in [1.54, 1.807) is 25.4 Å². The number of anilines is 2. The highest BCUT2D eigenvalue weighted by molar-refractivity contribution is 6.32. The number of hydrogen-bond acceptors (Lipinski definition) is 4. The predicted octanol–water partition coefficient (Wildman–Crippen LogP) is 3.18. The van der Waals surface area contributed by atoms with E-state index < -0.39 is 0 Å². The minimum absolute atomic E-state index is 0.551. The summed E-state index contributed by atoms with van der Waals surface area (Å²) in [7, 11) is 1.62. The number of ether oxygens (including phenoxy) is 1. The summed E-state index contributed by atoms with van der Waals surface area (Å²) in [5, 5.41) is 0.551. The average molecular weight is 250 g/mol. The molecule has 2 aromatic rings. The molecule has 0 saturated heterocycles. The van der Waals surface area contributed by atoms with Crippen LogP contribution in [0.4, 0.5) is 11.5 Å². The van der Waals surface area contributed by atoms with Crippen LogP contribution >= 0.6 is 11.6 Å². The lowest BCUT2D eigenvalue weighted by Gasteiger charge is -2.12. The summed E-state index contributed by atoms with van der Waals surface area (Å²) in [6, 6.07) is 11.1. The van der Waals surface area contributed by atoms with E-state index in [2.05, 4.69) is 15.8 Å². The molecular weight excluding hydrogens is 238 g/mol. The highest BCUT2D eigenvalue weighted by Gasteiger charge is 2.02. The van der Waals surface area contributed by atoms with Crippen molar-refractivity contribution in [2.75, 3.05) is 18.0 Å². The van der Waals surface area contributed by atoms with Crippen LogP contribution in [0.15, 0.2) is 42.6 Å². The van der Waals surface area contributed by atoms with Crippen LogP contribution in [0.3, 0.4) is 0 Å². The molecule has 5 heteroatoms. The first kappa shape index (κ1) is 11.5. The summed E-state index contributed by atoms with van der Waals surface area (Å²) in [6.07, 6.45) is 1.66. The molecule has 0 atom stereocenters. The third kappa shape index (κ3) is 2.79. The van der Waals surface area contributed by atoms with Crippen molar-refractivity contribution in [3.8, 4) is 5.75 Å². The number of hydrazine groups is 1. The molecule has 0 saturated carbocycles. The van der Waals surface area contributed by atoms with Gasteiger partial charge in [-0.3, -0.25) is 10.9 Å². The molecule has 0 spiro atoms. The summed E-state index contributed by atoms with van der Waals surface area (Å²) in [6.45, 7) is 0. The molecule has 0 aliphatic rings. The van der Waals surface area contributed by atoms with Gasteiger partial charge in [-0.2, -0.15) is 0 Å². The quantitative estimate of drug-likeness (QED) is 0.817. The Hall–Kier alpha value is -1.94. The molecule has 1 aromatic heterocycles. The molecule has 1 heterocycles. The molecule has 2 N–H and O–H groups in total. The SMILES string of the molecule is COc1ccccc1NNc1ncccc1Cl. The van der Waals surface area contributed by atoms with Crippen LogP contribution in [-0.2, 0) is 0 Å². The van der Waals surface area contributed by atoms with Crippen molar-refractivity contribution in [1.82, 2.24) is 4.98 Å². The van der Waals surface area contributed by atoms with Gasteiger partial charge in [-0.15, -0.1) is 0 Å². The average Bonchev–Trinajstić information content (AvgIpc) is 2.38. The molecule has 0 aliphatic heterocycles. The van der Waals surface area contributed by atoms with E-state index in [1.165, 1.54) is 0 Å². The number of pyridine rings is 1. The summed E-state index contributed by atoms with van der Waals surface area (Å²) in [4.78, 5) is 4.10. The van der Waals surface area contributed by atoms with Gasteiger partial charge in [0, 0.05) is 6.20 Å². The van der Waals surface area contributed by atoms with Gasteiger partial charge in [-0.1, -0.05) is 23.7 Å². The fourth-order valence-corrected chi connectivity index (χ4v) is 1.52. The van der Waals surface area contributed by atoms with Crippen molar-refractivity contribution in [3.63, 3.8) is 0 Å². The number of nitrogens with zero attached hydrogens (tertiary/aromatic N) is 1. The normalized spacial score (nSPS) is 9.76. The van der Waals surface area contributed by atoms with Gasteiger partial charge in [0.15, 0.2) is 5.82 Å². The van der Waals surface area contributed by atoms with Crippen LogP contribution in [0.2, 0.25) is 5.02 Å². The fraction of sp³-hybridized carbons (Fsp3) is 0.0833. The van der Waals surface area contributed by atoms with Crippen molar-refractivity contribution in [2.45, 2.75) is 0 Å². The zero-order valence-electron chi connectivity index (χ0n) is 9.27. The molecule has 0 amide bonds. The maximum atomic E-state index is 5.97. The number of para-hydroxylation sites is 2. The summed E-state index contributed by atoms with van der Waals surface area (Å²) in [5.74, 6) is 1.31. The molecular formula is C12H12ClN3O. The Balaban J connectivity index is 2.10. The van der Waals surface area contributed by atoms with E-state index in [4.69, 9.17) is 16.3 Å². The van der Waals surface area contributed by atoms with E-state index >= 15 is 0 Å². The van der Waals surface area contributed by atoms with Gasteiger partial charge in [0.2, 0.25) is 0 Å².